The van der Waals surface area contributed by atoms with Crippen molar-refractivity contribution in [2.45, 2.75) is 51.1 Å². The Morgan fingerprint density at radius 1 is 0.970 bits per heavy atom. The van der Waals surface area contributed by atoms with E-state index in [9.17, 15) is 4.79 Å². The fraction of sp³-hybridized carbons (Fsp3) is 0.310. The third kappa shape index (κ3) is 3.54. The Kier molecular flexibility index (Phi) is 4.83. The molecule has 2 aliphatic carbocycles. The summed E-state index contributed by atoms with van der Waals surface area (Å²) in [5.74, 6) is 0.0214. The molecule has 0 saturated heterocycles. The van der Waals surface area contributed by atoms with Gasteiger partial charge in [0.05, 0.1) is 23.3 Å². The van der Waals surface area contributed by atoms with E-state index in [4.69, 9.17) is 5.10 Å². The summed E-state index contributed by atoms with van der Waals surface area (Å²) >= 11 is 0. The van der Waals surface area contributed by atoms with Gasteiger partial charge in [-0.1, -0.05) is 73.2 Å². The quantitative estimate of drug-likeness (QED) is 0.396. The monoisotopic (exact) mass is 435 g/mol. The van der Waals surface area contributed by atoms with Gasteiger partial charge >= 0.3 is 0 Å². The number of amides is 1. The predicted octanol–water partition coefficient (Wildman–Crippen LogP) is 6.38. The van der Waals surface area contributed by atoms with Gasteiger partial charge < -0.3 is 5.32 Å². The maximum atomic E-state index is 13.2. The lowest BCUT2D eigenvalue weighted by molar-refractivity contribution is -0.000604. The van der Waals surface area contributed by atoms with E-state index in [0.29, 0.717) is 17.0 Å². The third-order valence-electron chi connectivity index (χ3n) is 7.84. The number of carbonyl (C=O) groups is 1. The highest BCUT2D eigenvalue weighted by Crippen LogP contribution is 2.55. The average molecular weight is 436 g/mol. The maximum Gasteiger partial charge on any atom is 0.253 e. The zero-order valence-electron chi connectivity index (χ0n) is 19.0. The number of hydrogen-bond donors (Lipinski definition) is 1. The number of para-hydroxylation sites is 1. The van der Waals surface area contributed by atoms with Crippen LogP contribution in [0.5, 0.6) is 0 Å². The van der Waals surface area contributed by atoms with Gasteiger partial charge in [0.15, 0.2) is 0 Å². The smallest absolute Gasteiger partial charge is 0.253 e. The standard InChI is InChI=1S/C29H29N3O/c1-20(21-11-13-23(14-12-21)22-7-3-2-4-8-22)32-27-24(19-30-32)9-5-10-26(27)28(33)31-25-17-29(18-25)15-6-16-29/h2-5,7-14,19-20,25H,6,15-18H2,1H3,(H,31,33)/t20-/m0/s1. The molecule has 1 heterocycles. The zero-order chi connectivity index (χ0) is 22.4. The molecule has 4 nitrogen and oxygen atoms in total. The first-order chi connectivity index (χ1) is 16.1. The van der Waals surface area contributed by atoms with Crippen LogP contribution >= 0.6 is 0 Å². The fourth-order valence-corrected chi connectivity index (χ4v) is 5.74. The molecular weight excluding hydrogens is 406 g/mol. The maximum absolute atomic E-state index is 13.2. The van der Waals surface area contributed by atoms with Crippen molar-refractivity contribution in [1.82, 2.24) is 15.1 Å². The average Bonchev–Trinajstić information content (AvgIpc) is 3.24. The van der Waals surface area contributed by atoms with Crippen molar-refractivity contribution in [2.75, 3.05) is 0 Å². The van der Waals surface area contributed by atoms with Gasteiger partial charge in [-0.3, -0.25) is 9.48 Å². The second kappa shape index (κ2) is 7.87. The van der Waals surface area contributed by atoms with Gasteiger partial charge in [-0.25, -0.2) is 0 Å². The van der Waals surface area contributed by atoms with E-state index >= 15 is 0 Å². The van der Waals surface area contributed by atoms with E-state index in [-0.39, 0.29) is 11.9 Å². The number of nitrogens with one attached hydrogen (secondary N) is 1. The van der Waals surface area contributed by atoms with Gasteiger partial charge in [-0.2, -0.15) is 5.10 Å². The second-order valence-corrected chi connectivity index (χ2v) is 9.93. The topological polar surface area (TPSA) is 46.9 Å². The van der Waals surface area contributed by atoms with Gasteiger partial charge in [0.2, 0.25) is 0 Å². The largest absolute Gasteiger partial charge is 0.349 e. The van der Waals surface area contributed by atoms with Crippen LogP contribution < -0.4 is 5.32 Å². The molecular formula is C29H29N3O. The van der Waals surface area contributed by atoms with Gasteiger partial charge in [-0.05, 0) is 60.8 Å². The summed E-state index contributed by atoms with van der Waals surface area (Å²) in [4.78, 5) is 13.2. The molecule has 1 spiro atoms. The lowest BCUT2D eigenvalue weighted by Gasteiger charge is -2.54. The van der Waals surface area contributed by atoms with E-state index in [1.165, 1.54) is 36.0 Å². The number of carbonyl (C=O) groups excluding carboxylic acids is 1. The van der Waals surface area contributed by atoms with Crippen molar-refractivity contribution in [1.29, 1.82) is 0 Å². The molecule has 2 fully saturated rings. The molecule has 1 N–H and O–H groups in total. The van der Waals surface area contributed by atoms with Crippen molar-refractivity contribution in [3.05, 3.63) is 90.1 Å². The summed E-state index contributed by atoms with van der Waals surface area (Å²) in [7, 11) is 0. The van der Waals surface area contributed by atoms with Gasteiger partial charge in [0, 0.05) is 11.4 Å². The molecule has 2 saturated carbocycles. The molecule has 0 aliphatic heterocycles. The molecule has 6 rings (SSSR count). The normalized spacial score (nSPS) is 18.0. The molecule has 1 aromatic heterocycles. The predicted molar refractivity (Wildman–Crippen MR) is 132 cm³/mol. The van der Waals surface area contributed by atoms with E-state index < -0.39 is 0 Å². The van der Waals surface area contributed by atoms with Crippen LogP contribution in [-0.4, -0.2) is 21.7 Å². The minimum absolute atomic E-state index is 0.0169. The Morgan fingerprint density at radius 2 is 1.70 bits per heavy atom. The molecule has 1 amide bonds. The van der Waals surface area contributed by atoms with Crippen LogP contribution in [0.2, 0.25) is 0 Å². The molecule has 0 bridgehead atoms. The number of fused-ring (bicyclic) bond motifs is 1. The SMILES string of the molecule is C[C@@H](c1ccc(-c2ccccc2)cc1)n1ncc2cccc(C(=O)NC3CC4(CCC4)C3)c21. The molecule has 3 aromatic carbocycles. The summed E-state index contributed by atoms with van der Waals surface area (Å²) in [6.45, 7) is 2.14. The summed E-state index contributed by atoms with van der Waals surface area (Å²) in [6, 6.07) is 25.3. The summed E-state index contributed by atoms with van der Waals surface area (Å²) in [6.07, 6.45) is 8.16. The fourth-order valence-electron chi connectivity index (χ4n) is 5.74. The minimum Gasteiger partial charge on any atom is -0.349 e. The van der Waals surface area contributed by atoms with Crippen molar-refractivity contribution >= 4 is 16.8 Å². The number of nitrogens with zero attached hydrogens (tertiary/aromatic N) is 2. The summed E-state index contributed by atoms with van der Waals surface area (Å²) in [5.41, 5.74) is 5.74. The number of benzene rings is 3. The van der Waals surface area contributed by atoms with Crippen LogP contribution in [0.25, 0.3) is 22.0 Å². The molecule has 0 unspecified atom stereocenters. The highest BCUT2D eigenvalue weighted by Gasteiger charge is 2.48. The number of hydrogen-bond acceptors (Lipinski definition) is 2. The van der Waals surface area contributed by atoms with Crippen molar-refractivity contribution in [3.63, 3.8) is 0 Å². The Morgan fingerprint density at radius 3 is 2.39 bits per heavy atom. The first-order valence-electron chi connectivity index (χ1n) is 12.0. The molecule has 1 atom stereocenters. The number of aromatic nitrogens is 2. The molecule has 33 heavy (non-hydrogen) atoms. The van der Waals surface area contributed by atoms with Crippen molar-refractivity contribution in [2.24, 2.45) is 5.41 Å². The number of rotatable bonds is 5. The second-order valence-electron chi connectivity index (χ2n) is 9.93. The highest BCUT2D eigenvalue weighted by molar-refractivity contribution is 6.05. The highest BCUT2D eigenvalue weighted by atomic mass is 16.1. The van der Waals surface area contributed by atoms with E-state index in [0.717, 1.165) is 23.7 Å². The van der Waals surface area contributed by atoms with Crippen LogP contribution in [0.1, 0.15) is 61.0 Å². The lowest BCUT2D eigenvalue weighted by atomic mass is 9.54. The van der Waals surface area contributed by atoms with Gasteiger partial charge in [0.25, 0.3) is 5.91 Å². The Hall–Kier alpha value is -3.40. The Labute approximate surface area is 194 Å². The molecule has 166 valence electrons. The van der Waals surface area contributed by atoms with Gasteiger partial charge in [-0.15, -0.1) is 0 Å². The van der Waals surface area contributed by atoms with E-state index in [1.54, 1.807) is 0 Å². The van der Waals surface area contributed by atoms with E-state index in [2.05, 4.69) is 60.8 Å². The molecule has 4 heteroatoms. The Balaban J connectivity index is 1.26. The zero-order valence-corrected chi connectivity index (χ0v) is 19.0. The Bertz CT molecular complexity index is 1290. The van der Waals surface area contributed by atoms with Crippen LogP contribution in [-0.2, 0) is 0 Å². The molecule has 0 radical (unpaired) electrons. The minimum atomic E-state index is 0.0169. The molecule has 2 aliphatic rings. The van der Waals surface area contributed by atoms with Crippen LogP contribution in [0.3, 0.4) is 0 Å². The lowest BCUT2D eigenvalue weighted by Crippen LogP contribution is -2.53. The van der Waals surface area contributed by atoms with Crippen LogP contribution in [0.15, 0.2) is 79.0 Å². The summed E-state index contributed by atoms with van der Waals surface area (Å²) in [5, 5.41) is 8.98. The molecule has 4 aromatic rings. The van der Waals surface area contributed by atoms with Crippen LogP contribution in [0, 0.1) is 5.41 Å². The van der Waals surface area contributed by atoms with Crippen LogP contribution in [0.4, 0.5) is 0 Å². The summed E-state index contributed by atoms with van der Waals surface area (Å²) < 4.78 is 2.00. The first-order valence-corrected chi connectivity index (χ1v) is 12.0. The van der Waals surface area contributed by atoms with Crippen molar-refractivity contribution < 1.29 is 4.79 Å². The van der Waals surface area contributed by atoms with Crippen molar-refractivity contribution in [3.8, 4) is 11.1 Å². The third-order valence-corrected chi connectivity index (χ3v) is 7.84. The van der Waals surface area contributed by atoms with Gasteiger partial charge in [0.1, 0.15) is 0 Å². The van der Waals surface area contributed by atoms with E-state index in [1.807, 2.05) is 35.1 Å². The first kappa shape index (κ1) is 20.2.